The Morgan fingerprint density at radius 2 is 1.97 bits per heavy atom. The maximum atomic E-state index is 12.6. The number of nitrogens with one attached hydrogen (secondary N) is 1. The van der Waals surface area contributed by atoms with Gasteiger partial charge in [0.2, 0.25) is 0 Å². The van der Waals surface area contributed by atoms with E-state index in [4.69, 9.17) is 21.1 Å². The van der Waals surface area contributed by atoms with Crippen molar-refractivity contribution in [2.45, 2.75) is 0 Å². The van der Waals surface area contributed by atoms with Crippen LogP contribution in [0.2, 0.25) is 5.02 Å². The summed E-state index contributed by atoms with van der Waals surface area (Å²) < 4.78 is 10.6. The molecule has 2 aromatic rings. The maximum Gasteiger partial charge on any atom is 0.293 e. The van der Waals surface area contributed by atoms with Crippen LogP contribution in [0.25, 0.3) is 6.08 Å². The molecular formula is C21H18ClN3O7S. The van der Waals surface area contributed by atoms with Crippen LogP contribution >= 0.6 is 23.4 Å². The first-order valence-electron chi connectivity index (χ1n) is 9.52. The Hall–Kier alpha value is -3.57. The van der Waals surface area contributed by atoms with Gasteiger partial charge in [0.25, 0.3) is 22.7 Å². The summed E-state index contributed by atoms with van der Waals surface area (Å²) in [5.74, 6) is -0.0893. The van der Waals surface area contributed by atoms with Crippen molar-refractivity contribution >= 4 is 52.2 Å². The van der Waals surface area contributed by atoms with E-state index in [9.17, 15) is 24.5 Å². The van der Waals surface area contributed by atoms with Gasteiger partial charge in [-0.15, -0.1) is 0 Å². The zero-order chi connectivity index (χ0) is 24.0. The first-order valence-corrected chi connectivity index (χ1v) is 10.7. The summed E-state index contributed by atoms with van der Waals surface area (Å²) in [5, 5.41) is 13.1. The minimum absolute atomic E-state index is 0.0318. The van der Waals surface area contributed by atoms with Crippen LogP contribution in [0.15, 0.2) is 47.4 Å². The molecule has 1 saturated heterocycles. The molecule has 1 fully saturated rings. The number of para-hydroxylation sites is 2. The number of carbonyl (C=O) groups excluding carboxylic acids is 3. The number of nitro groups is 1. The molecule has 1 aliphatic rings. The molecule has 10 nitrogen and oxygen atoms in total. The summed E-state index contributed by atoms with van der Waals surface area (Å²) in [7, 11) is 1.49. The highest BCUT2D eigenvalue weighted by Gasteiger charge is 2.34. The highest BCUT2D eigenvalue weighted by Crippen LogP contribution is 2.33. The van der Waals surface area contributed by atoms with Gasteiger partial charge in [0, 0.05) is 19.2 Å². The van der Waals surface area contributed by atoms with Crippen LogP contribution in [-0.4, -0.2) is 53.7 Å². The SMILES string of the molecule is COc1ccccc1OCC(=O)NCCN1C(=O)S/C(=C\c2ccc(Cl)c([N+](=O)[O-])c2)C1=O. The third-order valence-electron chi connectivity index (χ3n) is 4.42. The number of carbonyl (C=O) groups is 3. The van der Waals surface area contributed by atoms with Crippen molar-refractivity contribution in [2.24, 2.45) is 0 Å². The molecule has 33 heavy (non-hydrogen) atoms. The summed E-state index contributed by atoms with van der Waals surface area (Å²) in [6.45, 7) is -0.271. The van der Waals surface area contributed by atoms with E-state index in [1.165, 1.54) is 31.4 Å². The predicted molar refractivity (Wildman–Crippen MR) is 122 cm³/mol. The summed E-state index contributed by atoms with van der Waals surface area (Å²) in [6, 6.07) is 10.9. The number of hydrogen-bond acceptors (Lipinski definition) is 8. The van der Waals surface area contributed by atoms with Crippen LogP contribution in [0.3, 0.4) is 0 Å². The van der Waals surface area contributed by atoms with Gasteiger partial charge >= 0.3 is 0 Å². The molecular weight excluding hydrogens is 474 g/mol. The van der Waals surface area contributed by atoms with E-state index in [2.05, 4.69) is 5.32 Å². The van der Waals surface area contributed by atoms with Crippen molar-refractivity contribution in [2.75, 3.05) is 26.8 Å². The fraction of sp³-hybridized carbons (Fsp3) is 0.190. The van der Waals surface area contributed by atoms with Gasteiger partial charge in [-0.25, -0.2) is 0 Å². The van der Waals surface area contributed by atoms with Crippen molar-refractivity contribution in [3.63, 3.8) is 0 Å². The Kier molecular flexibility index (Phi) is 7.91. The molecule has 0 bridgehead atoms. The average Bonchev–Trinajstić information content (AvgIpc) is 3.06. The standard InChI is InChI=1S/C21H18ClN3O7S/c1-31-16-4-2-3-5-17(16)32-12-19(26)23-8-9-24-20(27)18(33-21(24)28)11-13-6-7-14(22)15(10-13)25(29)30/h2-7,10-11H,8-9,12H2,1H3,(H,23,26)/b18-11-. The highest BCUT2D eigenvalue weighted by atomic mass is 35.5. The summed E-state index contributed by atoms with van der Waals surface area (Å²) in [4.78, 5) is 48.3. The van der Waals surface area contributed by atoms with Crippen LogP contribution in [0.5, 0.6) is 11.5 Å². The van der Waals surface area contributed by atoms with Gasteiger partial charge in [0.1, 0.15) is 5.02 Å². The van der Waals surface area contributed by atoms with Gasteiger partial charge in [-0.3, -0.25) is 29.4 Å². The largest absolute Gasteiger partial charge is 0.493 e. The minimum Gasteiger partial charge on any atom is -0.493 e. The van der Waals surface area contributed by atoms with E-state index in [-0.39, 0.29) is 35.3 Å². The number of hydrogen-bond donors (Lipinski definition) is 1. The third kappa shape index (κ3) is 6.02. The van der Waals surface area contributed by atoms with Gasteiger partial charge in [-0.1, -0.05) is 29.8 Å². The Labute approximate surface area is 197 Å². The van der Waals surface area contributed by atoms with Crippen LogP contribution in [-0.2, 0) is 9.59 Å². The zero-order valence-corrected chi connectivity index (χ0v) is 18.9. The molecule has 1 N–H and O–H groups in total. The summed E-state index contributed by atoms with van der Waals surface area (Å²) in [5.41, 5.74) is 0.0566. The fourth-order valence-corrected chi connectivity index (χ4v) is 3.89. The summed E-state index contributed by atoms with van der Waals surface area (Å²) in [6.07, 6.45) is 1.38. The van der Waals surface area contributed by atoms with Crippen molar-refractivity contribution in [3.05, 3.63) is 68.1 Å². The molecule has 0 unspecified atom stereocenters. The molecule has 1 aliphatic heterocycles. The van der Waals surface area contributed by atoms with Gasteiger partial charge in [0.15, 0.2) is 18.1 Å². The lowest BCUT2D eigenvalue weighted by atomic mass is 10.2. The first-order chi connectivity index (χ1) is 15.8. The average molecular weight is 492 g/mol. The molecule has 12 heteroatoms. The van der Waals surface area contributed by atoms with E-state index in [1.54, 1.807) is 24.3 Å². The molecule has 0 atom stereocenters. The second kappa shape index (κ2) is 10.8. The maximum absolute atomic E-state index is 12.6. The van der Waals surface area contributed by atoms with Gasteiger partial charge in [-0.05, 0) is 41.6 Å². The smallest absolute Gasteiger partial charge is 0.293 e. The van der Waals surface area contributed by atoms with Gasteiger partial charge < -0.3 is 14.8 Å². The van der Waals surface area contributed by atoms with Crippen molar-refractivity contribution < 1.29 is 28.8 Å². The Balaban J connectivity index is 1.54. The minimum atomic E-state index is -0.633. The fourth-order valence-electron chi connectivity index (χ4n) is 2.84. The van der Waals surface area contributed by atoms with Crippen LogP contribution in [0.4, 0.5) is 10.5 Å². The third-order valence-corrected chi connectivity index (χ3v) is 5.65. The quantitative estimate of drug-likeness (QED) is 0.320. The van der Waals surface area contributed by atoms with E-state index >= 15 is 0 Å². The predicted octanol–water partition coefficient (Wildman–Crippen LogP) is 3.49. The number of ether oxygens (including phenoxy) is 2. The highest BCUT2D eigenvalue weighted by molar-refractivity contribution is 8.18. The lowest BCUT2D eigenvalue weighted by Gasteiger charge is -2.13. The molecule has 0 aliphatic carbocycles. The molecule has 0 radical (unpaired) electrons. The lowest BCUT2D eigenvalue weighted by Crippen LogP contribution is -2.38. The van der Waals surface area contributed by atoms with Gasteiger partial charge in [0.05, 0.1) is 16.9 Å². The molecule has 0 saturated carbocycles. The number of rotatable bonds is 9. The van der Waals surface area contributed by atoms with E-state index in [1.807, 2.05) is 0 Å². The number of nitrogens with zero attached hydrogens (tertiary/aromatic N) is 2. The second-order valence-electron chi connectivity index (χ2n) is 6.59. The van der Waals surface area contributed by atoms with E-state index in [0.717, 1.165) is 4.90 Å². The number of halogens is 1. The molecule has 3 rings (SSSR count). The van der Waals surface area contributed by atoms with Crippen molar-refractivity contribution in [1.82, 2.24) is 10.2 Å². The zero-order valence-electron chi connectivity index (χ0n) is 17.3. The Bertz CT molecular complexity index is 1140. The van der Waals surface area contributed by atoms with Crippen molar-refractivity contribution in [3.8, 4) is 11.5 Å². The Morgan fingerprint density at radius 1 is 1.24 bits per heavy atom. The van der Waals surface area contributed by atoms with Crippen LogP contribution < -0.4 is 14.8 Å². The van der Waals surface area contributed by atoms with Crippen LogP contribution in [0.1, 0.15) is 5.56 Å². The molecule has 2 aromatic carbocycles. The topological polar surface area (TPSA) is 128 Å². The number of imide groups is 1. The van der Waals surface area contributed by atoms with Crippen LogP contribution in [0, 0.1) is 10.1 Å². The number of benzene rings is 2. The second-order valence-corrected chi connectivity index (χ2v) is 7.99. The van der Waals surface area contributed by atoms with Gasteiger partial charge in [-0.2, -0.15) is 0 Å². The molecule has 172 valence electrons. The van der Waals surface area contributed by atoms with E-state index < -0.39 is 22.0 Å². The molecule has 3 amide bonds. The number of thioether (sulfide) groups is 1. The van der Waals surface area contributed by atoms with Crippen molar-refractivity contribution in [1.29, 1.82) is 0 Å². The molecule has 0 spiro atoms. The first kappa shape index (κ1) is 24.1. The molecule has 1 heterocycles. The molecule has 0 aromatic heterocycles. The number of nitro benzene ring substituents is 1. The monoisotopic (exact) mass is 491 g/mol. The lowest BCUT2D eigenvalue weighted by molar-refractivity contribution is -0.384. The number of methoxy groups -OCH3 is 1. The summed E-state index contributed by atoms with van der Waals surface area (Å²) >= 11 is 6.50. The Morgan fingerprint density at radius 3 is 2.67 bits per heavy atom. The van der Waals surface area contributed by atoms with E-state index in [0.29, 0.717) is 28.8 Å². The normalized spacial score (nSPS) is 14.5. The number of amides is 3.